The molecule has 0 radical (unpaired) electrons. The first-order valence-electron chi connectivity index (χ1n) is 5.39. The number of halogens is 1. The SMILES string of the molecule is CCN(CCO)S(=O)(=O)c1cc(Br)ccc1[N+](=O)[O-]. The molecule has 0 saturated carbocycles. The lowest BCUT2D eigenvalue weighted by Gasteiger charge is -2.19. The minimum Gasteiger partial charge on any atom is -0.395 e. The van der Waals surface area contributed by atoms with Crippen LogP contribution in [0.5, 0.6) is 0 Å². The van der Waals surface area contributed by atoms with Gasteiger partial charge in [-0.2, -0.15) is 4.31 Å². The smallest absolute Gasteiger partial charge is 0.289 e. The van der Waals surface area contributed by atoms with Crippen molar-refractivity contribution in [2.45, 2.75) is 11.8 Å². The molecule has 0 bridgehead atoms. The Labute approximate surface area is 119 Å². The zero-order valence-corrected chi connectivity index (χ0v) is 12.5. The zero-order chi connectivity index (χ0) is 14.6. The summed E-state index contributed by atoms with van der Waals surface area (Å²) in [5.41, 5.74) is -0.486. The Morgan fingerprint density at radius 2 is 2.11 bits per heavy atom. The van der Waals surface area contributed by atoms with E-state index >= 15 is 0 Å². The zero-order valence-electron chi connectivity index (χ0n) is 10.1. The maximum atomic E-state index is 12.3. The summed E-state index contributed by atoms with van der Waals surface area (Å²) >= 11 is 3.09. The molecule has 19 heavy (non-hydrogen) atoms. The Morgan fingerprint density at radius 1 is 1.47 bits per heavy atom. The summed E-state index contributed by atoms with van der Waals surface area (Å²) in [4.78, 5) is 9.78. The van der Waals surface area contributed by atoms with Gasteiger partial charge in [0.25, 0.3) is 5.69 Å². The number of nitrogens with zero attached hydrogens (tertiary/aromatic N) is 2. The quantitative estimate of drug-likeness (QED) is 0.615. The first-order valence-corrected chi connectivity index (χ1v) is 7.62. The average molecular weight is 353 g/mol. The normalized spacial score (nSPS) is 11.8. The van der Waals surface area contributed by atoms with Gasteiger partial charge in [0.05, 0.1) is 11.5 Å². The van der Waals surface area contributed by atoms with Crippen molar-refractivity contribution in [1.29, 1.82) is 0 Å². The standard InChI is InChI=1S/C10H13BrN2O5S/c1-2-12(5-6-14)19(17,18)10-7-8(11)3-4-9(10)13(15)16/h3-4,7,14H,2,5-6H2,1H3. The fraction of sp³-hybridized carbons (Fsp3) is 0.400. The fourth-order valence-corrected chi connectivity index (χ4v) is 3.68. The lowest BCUT2D eigenvalue weighted by molar-refractivity contribution is -0.387. The highest BCUT2D eigenvalue weighted by molar-refractivity contribution is 9.10. The molecule has 0 aromatic heterocycles. The number of nitro groups is 1. The Hall–Kier alpha value is -1.03. The van der Waals surface area contributed by atoms with Crippen molar-refractivity contribution in [3.63, 3.8) is 0 Å². The van der Waals surface area contributed by atoms with Gasteiger partial charge < -0.3 is 5.11 Å². The van der Waals surface area contributed by atoms with Gasteiger partial charge in [-0.25, -0.2) is 8.42 Å². The number of aliphatic hydroxyl groups excluding tert-OH is 1. The van der Waals surface area contributed by atoms with Gasteiger partial charge in [0.2, 0.25) is 10.0 Å². The van der Waals surface area contributed by atoms with E-state index in [1.54, 1.807) is 6.92 Å². The summed E-state index contributed by atoms with van der Waals surface area (Å²) in [5.74, 6) is 0. The maximum Gasteiger partial charge on any atom is 0.289 e. The molecular formula is C10H13BrN2O5S. The highest BCUT2D eigenvalue weighted by atomic mass is 79.9. The van der Waals surface area contributed by atoms with E-state index in [4.69, 9.17) is 5.11 Å². The van der Waals surface area contributed by atoms with Crippen LogP contribution in [0, 0.1) is 10.1 Å². The molecule has 0 heterocycles. The molecule has 0 atom stereocenters. The van der Waals surface area contributed by atoms with E-state index in [9.17, 15) is 18.5 Å². The van der Waals surface area contributed by atoms with Gasteiger partial charge >= 0.3 is 0 Å². The Kier molecular flexibility index (Phi) is 5.41. The summed E-state index contributed by atoms with van der Waals surface area (Å²) in [6.07, 6.45) is 0. The number of aliphatic hydroxyl groups is 1. The summed E-state index contributed by atoms with van der Waals surface area (Å²) in [6.45, 7) is 1.25. The van der Waals surface area contributed by atoms with Crippen LogP contribution in [0.2, 0.25) is 0 Å². The van der Waals surface area contributed by atoms with Gasteiger partial charge in [0, 0.05) is 23.6 Å². The third-order valence-corrected chi connectivity index (χ3v) is 4.94. The lowest BCUT2D eigenvalue weighted by Crippen LogP contribution is -2.33. The number of sulfonamides is 1. The third kappa shape index (κ3) is 3.50. The molecule has 0 spiro atoms. The van der Waals surface area contributed by atoms with Crippen LogP contribution in [-0.4, -0.2) is 42.4 Å². The first kappa shape index (κ1) is 16.0. The van der Waals surface area contributed by atoms with Crippen LogP contribution >= 0.6 is 15.9 Å². The monoisotopic (exact) mass is 352 g/mol. The van der Waals surface area contributed by atoms with E-state index in [1.165, 1.54) is 12.1 Å². The molecule has 0 amide bonds. The number of hydrogen-bond donors (Lipinski definition) is 1. The van der Waals surface area contributed by atoms with Crippen LogP contribution < -0.4 is 0 Å². The highest BCUT2D eigenvalue weighted by Gasteiger charge is 2.30. The molecular weight excluding hydrogens is 340 g/mol. The van der Waals surface area contributed by atoms with Crippen molar-refractivity contribution in [2.75, 3.05) is 19.7 Å². The molecule has 1 aromatic carbocycles. The summed E-state index contributed by atoms with van der Waals surface area (Å²) in [6, 6.07) is 3.72. The summed E-state index contributed by atoms with van der Waals surface area (Å²) in [7, 11) is -4.01. The second-order valence-corrected chi connectivity index (χ2v) is 6.41. The van der Waals surface area contributed by atoms with E-state index in [0.29, 0.717) is 4.47 Å². The van der Waals surface area contributed by atoms with Crippen molar-refractivity contribution in [2.24, 2.45) is 0 Å². The second-order valence-electron chi connectivity index (χ2n) is 3.59. The van der Waals surface area contributed by atoms with Gasteiger partial charge in [-0.1, -0.05) is 22.9 Å². The van der Waals surface area contributed by atoms with E-state index in [2.05, 4.69) is 15.9 Å². The molecule has 0 fully saturated rings. The van der Waals surface area contributed by atoms with Gasteiger partial charge in [-0.15, -0.1) is 0 Å². The molecule has 0 aliphatic rings. The minimum atomic E-state index is -4.01. The van der Waals surface area contributed by atoms with Gasteiger partial charge in [0.1, 0.15) is 0 Å². The van der Waals surface area contributed by atoms with Crippen LogP contribution in [0.1, 0.15) is 6.92 Å². The highest BCUT2D eigenvalue weighted by Crippen LogP contribution is 2.29. The van der Waals surface area contributed by atoms with E-state index in [-0.39, 0.29) is 24.6 Å². The van der Waals surface area contributed by atoms with Crippen LogP contribution in [0.3, 0.4) is 0 Å². The van der Waals surface area contributed by atoms with Crippen LogP contribution in [0.15, 0.2) is 27.6 Å². The van der Waals surface area contributed by atoms with Gasteiger partial charge in [0.15, 0.2) is 4.90 Å². The molecule has 0 unspecified atom stereocenters. The number of benzene rings is 1. The summed E-state index contributed by atoms with van der Waals surface area (Å²) in [5, 5.41) is 19.8. The average Bonchev–Trinajstić information content (AvgIpc) is 2.35. The van der Waals surface area contributed by atoms with Crippen molar-refractivity contribution in [1.82, 2.24) is 4.31 Å². The maximum absolute atomic E-state index is 12.3. The van der Waals surface area contributed by atoms with Crippen molar-refractivity contribution < 1.29 is 18.4 Å². The second kappa shape index (κ2) is 6.42. The Balaban J connectivity index is 3.42. The molecule has 1 aromatic rings. The van der Waals surface area contributed by atoms with Crippen molar-refractivity contribution in [3.05, 3.63) is 32.8 Å². The molecule has 0 saturated heterocycles. The fourth-order valence-electron chi connectivity index (χ4n) is 1.54. The van der Waals surface area contributed by atoms with E-state index < -0.39 is 20.6 Å². The van der Waals surface area contributed by atoms with Crippen molar-refractivity contribution >= 4 is 31.6 Å². The molecule has 9 heteroatoms. The molecule has 0 aliphatic carbocycles. The van der Waals surface area contributed by atoms with Gasteiger partial charge in [-0.3, -0.25) is 10.1 Å². The summed E-state index contributed by atoms with van der Waals surface area (Å²) < 4.78 is 26.1. The molecule has 1 N–H and O–H groups in total. The molecule has 0 aliphatic heterocycles. The predicted molar refractivity (Wildman–Crippen MR) is 72.3 cm³/mol. The predicted octanol–water partition coefficient (Wildman–Crippen LogP) is 1.36. The van der Waals surface area contributed by atoms with Crippen LogP contribution in [0.4, 0.5) is 5.69 Å². The molecule has 106 valence electrons. The minimum absolute atomic E-state index is 0.109. The first-order chi connectivity index (χ1) is 8.84. The van der Waals surface area contributed by atoms with E-state index in [1.807, 2.05) is 0 Å². The van der Waals surface area contributed by atoms with E-state index in [0.717, 1.165) is 10.4 Å². The lowest BCUT2D eigenvalue weighted by atomic mass is 10.3. The Bertz CT molecular complexity index is 575. The van der Waals surface area contributed by atoms with Crippen molar-refractivity contribution in [3.8, 4) is 0 Å². The topological polar surface area (TPSA) is 101 Å². The number of hydrogen-bond acceptors (Lipinski definition) is 5. The molecule has 7 nitrogen and oxygen atoms in total. The van der Waals surface area contributed by atoms with Gasteiger partial charge in [-0.05, 0) is 12.1 Å². The van der Waals surface area contributed by atoms with Crippen LogP contribution in [0.25, 0.3) is 0 Å². The number of nitro benzene ring substituents is 1. The van der Waals surface area contributed by atoms with Crippen LogP contribution in [-0.2, 0) is 10.0 Å². The number of rotatable bonds is 6. The molecule has 1 rings (SSSR count). The number of likely N-dealkylation sites (N-methyl/N-ethyl adjacent to an activating group) is 1. The largest absolute Gasteiger partial charge is 0.395 e. The Morgan fingerprint density at radius 3 is 2.58 bits per heavy atom. The third-order valence-electron chi connectivity index (χ3n) is 2.44.